The zero-order chi connectivity index (χ0) is 15.6. The Balaban J connectivity index is 2.16. The zero-order valence-electron chi connectivity index (χ0n) is 12.0. The Morgan fingerprint density at radius 3 is 2.48 bits per heavy atom. The molecule has 21 heavy (non-hydrogen) atoms. The molecule has 0 saturated carbocycles. The molecule has 3 unspecified atom stereocenters. The number of hydrogen-bond acceptors (Lipinski definition) is 4. The number of hydrogen-bond donors (Lipinski definition) is 2. The van der Waals surface area contributed by atoms with E-state index in [1.165, 1.54) is 9.80 Å². The fourth-order valence-electron chi connectivity index (χ4n) is 2.84. The van der Waals surface area contributed by atoms with Crippen molar-refractivity contribution in [1.82, 2.24) is 9.80 Å². The number of carboxylic acids is 1. The van der Waals surface area contributed by atoms with E-state index < -0.39 is 30.0 Å². The summed E-state index contributed by atoms with van der Waals surface area (Å²) in [6.45, 7) is 2.96. The minimum absolute atomic E-state index is 0.0586. The van der Waals surface area contributed by atoms with Gasteiger partial charge in [0, 0.05) is 13.1 Å². The van der Waals surface area contributed by atoms with Crippen molar-refractivity contribution < 1.29 is 24.2 Å². The Labute approximate surface area is 122 Å². The summed E-state index contributed by atoms with van der Waals surface area (Å²) in [5, 5.41) is 9.32. The van der Waals surface area contributed by atoms with E-state index in [1.807, 2.05) is 6.92 Å². The van der Waals surface area contributed by atoms with Gasteiger partial charge in [0.25, 0.3) is 0 Å². The minimum atomic E-state index is -1.02. The second-order valence-corrected chi connectivity index (χ2v) is 5.65. The van der Waals surface area contributed by atoms with Crippen LogP contribution in [0.2, 0.25) is 0 Å². The van der Waals surface area contributed by atoms with Gasteiger partial charge in [-0.15, -0.1) is 0 Å². The molecular weight excluding hydrogens is 278 g/mol. The van der Waals surface area contributed by atoms with E-state index in [2.05, 4.69) is 0 Å². The Hall–Kier alpha value is -1.83. The molecule has 2 fully saturated rings. The molecule has 8 nitrogen and oxygen atoms in total. The molecule has 0 bridgehead atoms. The summed E-state index contributed by atoms with van der Waals surface area (Å²) in [7, 11) is 0. The highest BCUT2D eigenvalue weighted by atomic mass is 16.5. The molecule has 0 radical (unpaired) electrons. The highest BCUT2D eigenvalue weighted by molar-refractivity contribution is 5.88. The summed E-state index contributed by atoms with van der Waals surface area (Å²) in [6.07, 6.45) is 1.17. The van der Waals surface area contributed by atoms with Crippen LogP contribution in [0.3, 0.4) is 0 Å². The quantitative estimate of drug-likeness (QED) is 0.712. The zero-order valence-corrected chi connectivity index (χ0v) is 12.0. The lowest BCUT2D eigenvalue weighted by atomic mass is 9.92. The van der Waals surface area contributed by atoms with Gasteiger partial charge in [-0.1, -0.05) is 6.92 Å². The van der Waals surface area contributed by atoms with Crippen LogP contribution < -0.4 is 5.73 Å². The highest BCUT2D eigenvalue weighted by Gasteiger charge is 2.40. The maximum absolute atomic E-state index is 12.6. The summed E-state index contributed by atoms with van der Waals surface area (Å²) >= 11 is 0. The smallest absolute Gasteiger partial charge is 0.326 e. The number of piperidine rings is 1. The largest absolute Gasteiger partial charge is 0.480 e. The summed E-state index contributed by atoms with van der Waals surface area (Å²) in [6, 6.07) is -2.13. The van der Waals surface area contributed by atoms with Crippen LogP contribution in [0.4, 0.5) is 4.79 Å². The van der Waals surface area contributed by atoms with Crippen molar-refractivity contribution in [1.29, 1.82) is 0 Å². The van der Waals surface area contributed by atoms with Crippen LogP contribution in [-0.2, 0) is 14.3 Å². The van der Waals surface area contributed by atoms with Gasteiger partial charge in [-0.05, 0) is 18.8 Å². The van der Waals surface area contributed by atoms with Gasteiger partial charge in [0.05, 0.1) is 13.2 Å². The molecule has 0 aliphatic carbocycles. The van der Waals surface area contributed by atoms with Crippen molar-refractivity contribution in [3.8, 4) is 0 Å². The predicted molar refractivity (Wildman–Crippen MR) is 72.4 cm³/mol. The average molecular weight is 299 g/mol. The number of carboxylic acid groups (broad SMARTS) is 1. The Morgan fingerprint density at radius 2 is 1.86 bits per heavy atom. The van der Waals surface area contributed by atoms with Crippen LogP contribution in [-0.4, -0.2) is 71.2 Å². The van der Waals surface area contributed by atoms with Crippen molar-refractivity contribution >= 4 is 17.9 Å². The van der Waals surface area contributed by atoms with E-state index in [1.54, 1.807) is 0 Å². The topological polar surface area (TPSA) is 113 Å². The van der Waals surface area contributed by atoms with Gasteiger partial charge in [-0.3, -0.25) is 4.79 Å². The number of morpholine rings is 1. The van der Waals surface area contributed by atoms with E-state index in [-0.39, 0.29) is 19.1 Å². The molecule has 118 valence electrons. The molecule has 2 heterocycles. The Kier molecular flexibility index (Phi) is 4.66. The van der Waals surface area contributed by atoms with Crippen LogP contribution in [0.1, 0.15) is 19.8 Å². The van der Waals surface area contributed by atoms with Crippen molar-refractivity contribution in [3.63, 3.8) is 0 Å². The van der Waals surface area contributed by atoms with Gasteiger partial charge < -0.3 is 25.4 Å². The number of nitrogens with two attached hydrogens (primary N) is 1. The molecule has 0 aromatic heterocycles. The number of ether oxygens (including phenoxy) is 1. The number of aliphatic carboxylic acids is 1. The first-order valence-electron chi connectivity index (χ1n) is 7.09. The number of likely N-dealkylation sites (tertiary alicyclic amines) is 1. The monoisotopic (exact) mass is 299 g/mol. The third-order valence-corrected chi connectivity index (χ3v) is 4.10. The molecule has 8 heteroatoms. The van der Waals surface area contributed by atoms with E-state index in [0.717, 1.165) is 6.42 Å². The number of amides is 3. The maximum atomic E-state index is 12.6. The van der Waals surface area contributed by atoms with Crippen molar-refractivity contribution in [2.24, 2.45) is 11.7 Å². The van der Waals surface area contributed by atoms with Crippen molar-refractivity contribution in [2.45, 2.75) is 31.8 Å². The molecule has 3 amide bonds. The molecule has 2 aliphatic heterocycles. The average Bonchev–Trinajstić information content (AvgIpc) is 2.46. The first-order valence-corrected chi connectivity index (χ1v) is 7.09. The lowest BCUT2D eigenvalue weighted by molar-refractivity contribution is -0.144. The fraction of sp³-hybridized carbons (Fsp3) is 0.769. The molecule has 2 aliphatic rings. The molecular formula is C13H21N3O5. The van der Waals surface area contributed by atoms with Crippen LogP contribution in [0.15, 0.2) is 0 Å². The van der Waals surface area contributed by atoms with Gasteiger partial charge >= 0.3 is 12.0 Å². The number of nitrogens with zero attached hydrogens (tertiary/aromatic N) is 2. The molecule has 2 saturated heterocycles. The minimum Gasteiger partial charge on any atom is -0.480 e. The summed E-state index contributed by atoms with van der Waals surface area (Å²) in [4.78, 5) is 38.1. The van der Waals surface area contributed by atoms with Crippen LogP contribution in [0.25, 0.3) is 0 Å². The van der Waals surface area contributed by atoms with E-state index in [4.69, 9.17) is 10.5 Å². The highest BCUT2D eigenvalue weighted by Crippen LogP contribution is 2.25. The van der Waals surface area contributed by atoms with Gasteiger partial charge in [0.1, 0.15) is 12.1 Å². The molecule has 3 atom stereocenters. The molecule has 0 spiro atoms. The third-order valence-electron chi connectivity index (χ3n) is 4.10. The number of urea groups is 1. The number of primary amides is 1. The summed E-state index contributed by atoms with van der Waals surface area (Å²) < 4.78 is 5.17. The van der Waals surface area contributed by atoms with E-state index >= 15 is 0 Å². The molecule has 0 aromatic rings. The lowest BCUT2D eigenvalue weighted by Crippen LogP contribution is -2.61. The number of rotatable bonds is 2. The van der Waals surface area contributed by atoms with Crippen LogP contribution in [0.5, 0.6) is 0 Å². The standard InChI is InChI=1S/C13H21N3O5/c1-8-2-3-15(9(6-8)12(18)19)13(20)16-4-5-21-7-10(16)11(14)17/h8-10H,2-7H2,1H3,(H2,14,17)(H,18,19). The SMILES string of the molecule is CC1CCN(C(=O)N2CCOCC2C(N)=O)C(C(=O)O)C1. The predicted octanol–water partition coefficient (Wildman–Crippen LogP) is -0.522. The number of carbonyl (C=O) groups is 3. The Bertz CT molecular complexity index is 442. The second kappa shape index (κ2) is 6.30. The van der Waals surface area contributed by atoms with Gasteiger partial charge in [0.2, 0.25) is 5.91 Å². The van der Waals surface area contributed by atoms with Gasteiger partial charge in [-0.25, -0.2) is 9.59 Å². The summed E-state index contributed by atoms with van der Waals surface area (Å²) in [5.41, 5.74) is 5.29. The second-order valence-electron chi connectivity index (χ2n) is 5.65. The van der Waals surface area contributed by atoms with E-state index in [9.17, 15) is 19.5 Å². The molecule has 3 N–H and O–H groups in total. The first kappa shape index (κ1) is 15.6. The lowest BCUT2D eigenvalue weighted by Gasteiger charge is -2.42. The number of carbonyl (C=O) groups excluding carboxylic acids is 2. The molecule has 0 aromatic carbocycles. The van der Waals surface area contributed by atoms with Gasteiger partial charge in [0.15, 0.2) is 0 Å². The first-order chi connectivity index (χ1) is 9.91. The van der Waals surface area contributed by atoms with Crippen molar-refractivity contribution in [2.75, 3.05) is 26.3 Å². The molecule has 2 rings (SSSR count). The van der Waals surface area contributed by atoms with E-state index in [0.29, 0.717) is 19.6 Å². The van der Waals surface area contributed by atoms with Gasteiger partial charge in [-0.2, -0.15) is 0 Å². The summed E-state index contributed by atoms with van der Waals surface area (Å²) in [5.74, 6) is -1.40. The fourth-order valence-corrected chi connectivity index (χ4v) is 2.84. The normalized spacial score (nSPS) is 30.0. The van der Waals surface area contributed by atoms with Crippen LogP contribution >= 0.6 is 0 Å². The maximum Gasteiger partial charge on any atom is 0.326 e. The van der Waals surface area contributed by atoms with Crippen LogP contribution in [0, 0.1) is 5.92 Å². The third kappa shape index (κ3) is 3.26. The Morgan fingerprint density at radius 1 is 1.19 bits per heavy atom. The van der Waals surface area contributed by atoms with Crippen molar-refractivity contribution in [3.05, 3.63) is 0 Å².